The van der Waals surface area contributed by atoms with Gasteiger partial charge in [0.2, 0.25) is 10.0 Å². The molecule has 2 unspecified atom stereocenters. The number of sulfonamides is 1. The molecule has 1 fully saturated rings. The van der Waals surface area contributed by atoms with Gasteiger partial charge in [-0.3, -0.25) is 9.82 Å². The standard InChI is InChI=1S/C21H29N3O3S/c1-21(2,3)17-10-8-16(9-11-17)20-19(15-27-24(20)4)28(25,26)23-14-12-18-7-5-6-13-22-18/h5-11,13,19-20,23H,12,14-15H2,1-4H3. The zero-order valence-electron chi connectivity index (χ0n) is 16.9. The lowest BCUT2D eigenvalue weighted by atomic mass is 9.86. The van der Waals surface area contributed by atoms with Crippen LogP contribution in [0.5, 0.6) is 0 Å². The zero-order valence-corrected chi connectivity index (χ0v) is 17.7. The Hall–Kier alpha value is -1.80. The monoisotopic (exact) mass is 403 g/mol. The summed E-state index contributed by atoms with van der Waals surface area (Å²) in [5.41, 5.74) is 3.06. The first kappa shape index (κ1) is 20.9. The van der Waals surface area contributed by atoms with Gasteiger partial charge in [0.15, 0.2) is 0 Å². The number of aromatic nitrogens is 1. The number of rotatable bonds is 6. The van der Waals surface area contributed by atoms with E-state index in [4.69, 9.17) is 4.84 Å². The summed E-state index contributed by atoms with van der Waals surface area (Å²) in [4.78, 5) is 9.81. The molecule has 3 rings (SSSR count). The van der Waals surface area contributed by atoms with Crippen LogP contribution in [0.1, 0.15) is 43.6 Å². The van der Waals surface area contributed by atoms with Crippen molar-refractivity contribution in [1.82, 2.24) is 14.8 Å². The van der Waals surface area contributed by atoms with E-state index in [0.29, 0.717) is 13.0 Å². The molecule has 1 aliphatic heterocycles. The van der Waals surface area contributed by atoms with Gasteiger partial charge in [0, 0.05) is 31.9 Å². The fraction of sp³-hybridized carbons (Fsp3) is 0.476. The van der Waals surface area contributed by atoms with Gasteiger partial charge in [0.05, 0.1) is 12.6 Å². The molecule has 28 heavy (non-hydrogen) atoms. The molecule has 152 valence electrons. The van der Waals surface area contributed by atoms with E-state index in [0.717, 1.165) is 11.3 Å². The molecule has 0 saturated carbocycles. The van der Waals surface area contributed by atoms with Crippen LogP contribution in [0, 0.1) is 0 Å². The molecule has 7 heteroatoms. The van der Waals surface area contributed by atoms with Crippen molar-refractivity contribution in [2.75, 3.05) is 20.2 Å². The number of benzene rings is 1. The van der Waals surface area contributed by atoms with Gasteiger partial charge >= 0.3 is 0 Å². The Morgan fingerprint density at radius 3 is 2.50 bits per heavy atom. The summed E-state index contributed by atoms with van der Waals surface area (Å²) >= 11 is 0. The largest absolute Gasteiger partial charge is 0.297 e. The second-order valence-corrected chi connectivity index (χ2v) is 10.2. The molecule has 6 nitrogen and oxygen atoms in total. The van der Waals surface area contributed by atoms with Gasteiger partial charge in [-0.05, 0) is 28.7 Å². The van der Waals surface area contributed by atoms with E-state index < -0.39 is 15.3 Å². The van der Waals surface area contributed by atoms with Crippen molar-refractivity contribution >= 4 is 10.0 Å². The first-order valence-corrected chi connectivity index (χ1v) is 11.1. The highest BCUT2D eigenvalue weighted by atomic mass is 32.2. The summed E-state index contributed by atoms with van der Waals surface area (Å²) in [6, 6.07) is 13.4. The third kappa shape index (κ3) is 4.78. The Morgan fingerprint density at radius 1 is 1.18 bits per heavy atom. The number of pyridine rings is 1. The van der Waals surface area contributed by atoms with Crippen LogP contribution >= 0.6 is 0 Å². The Labute approximate surface area is 167 Å². The third-order valence-corrected chi connectivity index (χ3v) is 6.91. The van der Waals surface area contributed by atoms with Crippen LogP contribution in [0.4, 0.5) is 0 Å². The molecule has 1 aromatic heterocycles. The van der Waals surface area contributed by atoms with Gasteiger partial charge in [0.1, 0.15) is 5.25 Å². The fourth-order valence-electron chi connectivity index (χ4n) is 3.44. The maximum atomic E-state index is 12.9. The summed E-state index contributed by atoms with van der Waals surface area (Å²) in [5, 5.41) is 0.982. The van der Waals surface area contributed by atoms with E-state index >= 15 is 0 Å². The molecule has 0 amide bonds. The van der Waals surface area contributed by atoms with Gasteiger partial charge < -0.3 is 0 Å². The summed E-state index contributed by atoms with van der Waals surface area (Å²) in [6.45, 7) is 6.93. The van der Waals surface area contributed by atoms with Crippen molar-refractivity contribution < 1.29 is 13.3 Å². The van der Waals surface area contributed by atoms with E-state index in [9.17, 15) is 8.42 Å². The molecule has 0 bridgehead atoms. The predicted octanol–water partition coefficient (Wildman–Crippen LogP) is 2.83. The number of hydroxylamine groups is 2. The van der Waals surface area contributed by atoms with Crippen molar-refractivity contribution in [3.63, 3.8) is 0 Å². The normalized spacial score (nSPS) is 21.1. The number of hydrogen-bond donors (Lipinski definition) is 1. The third-order valence-electron chi connectivity index (χ3n) is 5.11. The highest BCUT2D eigenvalue weighted by Crippen LogP contribution is 2.34. The Bertz CT molecular complexity index is 877. The van der Waals surface area contributed by atoms with E-state index in [1.165, 1.54) is 5.56 Å². The zero-order chi connectivity index (χ0) is 20.4. The summed E-state index contributed by atoms with van der Waals surface area (Å²) in [6.07, 6.45) is 2.26. The van der Waals surface area contributed by atoms with Crippen LogP contribution < -0.4 is 4.72 Å². The fourth-order valence-corrected chi connectivity index (χ4v) is 4.94. The molecule has 0 spiro atoms. The van der Waals surface area contributed by atoms with Crippen LogP contribution in [0.3, 0.4) is 0 Å². The molecule has 1 N–H and O–H groups in total. The van der Waals surface area contributed by atoms with Gasteiger partial charge in [-0.1, -0.05) is 51.1 Å². The van der Waals surface area contributed by atoms with Crippen molar-refractivity contribution in [2.24, 2.45) is 0 Å². The van der Waals surface area contributed by atoms with E-state index in [1.807, 2.05) is 30.3 Å². The summed E-state index contributed by atoms with van der Waals surface area (Å²) < 4.78 is 28.6. The minimum absolute atomic E-state index is 0.0507. The van der Waals surface area contributed by atoms with Gasteiger partial charge in [-0.15, -0.1) is 0 Å². The second kappa shape index (κ2) is 8.29. The average Bonchev–Trinajstić information content (AvgIpc) is 3.04. The molecule has 1 aliphatic rings. The van der Waals surface area contributed by atoms with Crippen molar-refractivity contribution in [3.8, 4) is 0 Å². The number of nitrogens with zero attached hydrogens (tertiary/aromatic N) is 2. The minimum atomic E-state index is -3.54. The molecular weight excluding hydrogens is 374 g/mol. The number of nitrogens with one attached hydrogen (secondary N) is 1. The molecule has 2 aromatic rings. The van der Waals surface area contributed by atoms with Crippen LogP contribution in [-0.2, 0) is 26.7 Å². The SMILES string of the molecule is CN1OCC(S(=O)(=O)NCCc2ccccn2)C1c1ccc(C(C)(C)C)cc1. The highest BCUT2D eigenvalue weighted by Gasteiger charge is 2.43. The first-order chi connectivity index (χ1) is 13.2. The van der Waals surface area contributed by atoms with Crippen LogP contribution in [0.2, 0.25) is 0 Å². The van der Waals surface area contributed by atoms with Crippen molar-refractivity contribution in [1.29, 1.82) is 0 Å². The lowest BCUT2D eigenvalue weighted by molar-refractivity contribution is -0.110. The van der Waals surface area contributed by atoms with Crippen molar-refractivity contribution in [3.05, 3.63) is 65.5 Å². The Balaban J connectivity index is 1.72. The van der Waals surface area contributed by atoms with Gasteiger partial charge in [-0.2, -0.15) is 5.06 Å². The Morgan fingerprint density at radius 2 is 1.89 bits per heavy atom. The summed E-state index contributed by atoms with van der Waals surface area (Å²) in [7, 11) is -1.76. The molecule has 1 saturated heterocycles. The summed E-state index contributed by atoms with van der Waals surface area (Å²) in [5.74, 6) is 0. The lowest BCUT2D eigenvalue weighted by Gasteiger charge is -2.25. The maximum Gasteiger partial charge on any atom is 0.218 e. The van der Waals surface area contributed by atoms with E-state index in [2.05, 4.69) is 42.6 Å². The smallest absolute Gasteiger partial charge is 0.218 e. The predicted molar refractivity (Wildman–Crippen MR) is 110 cm³/mol. The molecule has 2 atom stereocenters. The van der Waals surface area contributed by atoms with E-state index in [-0.39, 0.29) is 18.1 Å². The molecule has 0 radical (unpaired) electrons. The van der Waals surface area contributed by atoms with Crippen LogP contribution in [0.15, 0.2) is 48.7 Å². The quantitative estimate of drug-likeness (QED) is 0.803. The second-order valence-electron chi connectivity index (χ2n) is 8.21. The topological polar surface area (TPSA) is 71.5 Å². The molecule has 1 aromatic carbocycles. The average molecular weight is 404 g/mol. The maximum absolute atomic E-state index is 12.9. The van der Waals surface area contributed by atoms with Crippen LogP contribution in [-0.4, -0.2) is 43.9 Å². The highest BCUT2D eigenvalue weighted by molar-refractivity contribution is 7.90. The minimum Gasteiger partial charge on any atom is -0.297 e. The van der Waals surface area contributed by atoms with Gasteiger partial charge in [-0.25, -0.2) is 13.1 Å². The lowest BCUT2D eigenvalue weighted by Crippen LogP contribution is -2.40. The molecular formula is C21H29N3O3S. The number of hydrogen-bond acceptors (Lipinski definition) is 5. The van der Waals surface area contributed by atoms with Crippen LogP contribution in [0.25, 0.3) is 0 Å². The Kier molecular flexibility index (Phi) is 6.19. The molecule has 2 heterocycles. The first-order valence-electron chi connectivity index (χ1n) is 9.53. The van der Waals surface area contributed by atoms with E-state index in [1.54, 1.807) is 18.3 Å². The van der Waals surface area contributed by atoms with Gasteiger partial charge in [0.25, 0.3) is 0 Å². The molecule has 0 aliphatic carbocycles. The van der Waals surface area contributed by atoms with Crippen molar-refractivity contribution in [2.45, 2.75) is 43.9 Å².